The van der Waals surface area contributed by atoms with Gasteiger partial charge in [0.05, 0.1) is 17.8 Å². The molecule has 1 amide bonds. The average Bonchev–Trinajstić information content (AvgIpc) is 3.15. The van der Waals surface area contributed by atoms with Gasteiger partial charge in [-0.2, -0.15) is 5.10 Å². The number of amides is 1. The molecule has 0 unspecified atom stereocenters. The predicted molar refractivity (Wildman–Crippen MR) is 109 cm³/mol. The summed E-state index contributed by atoms with van der Waals surface area (Å²) in [7, 11) is 1.75. The van der Waals surface area contributed by atoms with Crippen molar-refractivity contribution in [1.29, 1.82) is 0 Å². The number of piperazine rings is 1. The van der Waals surface area contributed by atoms with E-state index in [1.807, 2.05) is 28.0 Å². The molecule has 0 saturated carbocycles. The summed E-state index contributed by atoms with van der Waals surface area (Å²) >= 11 is 0. The number of benzene rings is 1. The van der Waals surface area contributed by atoms with Crippen molar-refractivity contribution in [2.45, 2.75) is 45.8 Å². The van der Waals surface area contributed by atoms with E-state index in [0.29, 0.717) is 13.1 Å². The maximum atomic E-state index is 12.7. The van der Waals surface area contributed by atoms with E-state index in [9.17, 15) is 4.79 Å². The number of aromatic nitrogens is 3. The predicted octanol–water partition coefficient (Wildman–Crippen LogP) is 1.67. The van der Waals surface area contributed by atoms with Gasteiger partial charge in [-0.3, -0.25) is 9.79 Å². The Hall–Kier alpha value is -2.90. The molecule has 1 aliphatic rings. The van der Waals surface area contributed by atoms with Gasteiger partial charge in [0.1, 0.15) is 12.7 Å². The quantitative estimate of drug-likeness (QED) is 0.642. The molecule has 0 aliphatic carbocycles. The van der Waals surface area contributed by atoms with Gasteiger partial charge >= 0.3 is 0 Å². The van der Waals surface area contributed by atoms with Crippen LogP contribution in [0.25, 0.3) is 5.69 Å². The molecule has 0 spiro atoms. The highest BCUT2D eigenvalue weighted by molar-refractivity contribution is 5.88. The topological polar surface area (TPSA) is 78.6 Å². The first-order chi connectivity index (χ1) is 13.3. The molecule has 2 aromatic rings. The SMILES string of the molecule is CN=C(NCc1cccc(-n2cncn2)c1)N1CC(=O)N(C(C)C)C(C)(C)C1. The average molecular weight is 384 g/mol. The standard InChI is InChI=1S/C20H29N7O/c1-15(2)27-18(28)11-25(12-20(27,3)4)19(21-5)23-10-16-7-6-8-17(9-16)26-14-22-13-24-26/h6-9,13-15H,10-12H2,1-5H3,(H,21,23). The molecule has 8 heteroatoms. The van der Waals surface area contributed by atoms with Gasteiger partial charge in [-0.25, -0.2) is 9.67 Å². The van der Waals surface area contributed by atoms with Crippen molar-refractivity contribution in [3.63, 3.8) is 0 Å². The molecule has 1 N–H and O–H groups in total. The van der Waals surface area contributed by atoms with Crippen LogP contribution in [0.1, 0.15) is 33.3 Å². The Balaban J connectivity index is 1.69. The lowest BCUT2D eigenvalue weighted by molar-refractivity contribution is -0.145. The maximum absolute atomic E-state index is 12.7. The second-order valence-electron chi connectivity index (χ2n) is 7.94. The number of aliphatic imine (C=N–C) groups is 1. The molecule has 1 aromatic heterocycles. The van der Waals surface area contributed by atoms with Crippen molar-refractivity contribution in [1.82, 2.24) is 29.9 Å². The van der Waals surface area contributed by atoms with Crippen LogP contribution in [0.15, 0.2) is 41.9 Å². The van der Waals surface area contributed by atoms with Crippen LogP contribution in [-0.2, 0) is 11.3 Å². The van der Waals surface area contributed by atoms with Gasteiger partial charge in [0.25, 0.3) is 0 Å². The van der Waals surface area contributed by atoms with Crippen molar-refractivity contribution >= 4 is 11.9 Å². The van der Waals surface area contributed by atoms with Crippen LogP contribution in [0.4, 0.5) is 0 Å². The number of nitrogens with one attached hydrogen (secondary N) is 1. The second-order valence-corrected chi connectivity index (χ2v) is 7.94. The van der Waals surface area contributed by atoms with Gasteiger partial charge < -0.3 is 15.1 Å². The summed E-state index contributed by atoms with van der Waals surface area (Å²) in [5, 5.41) is 7.56. The van der Waals surface area contributed by atoms with E-state index >= 15 is 0 Å². The molecule has 1 aliphatic heterocycles. The monoisotopic (exact) mass is 383 g/mol. The van der Waals surface area contributed by atoms with Gasteiger partial charge in [-0.05, 0) is 45.4 Å². The third kappa shape index (κ3) is 4.16. The molecule has 8 nitrogen and oxygen atoms in total. The Morgan fingerprint density at radius 2 is 2.14 bits per heavy atom. The molecular formula is C20H29N7O. The molecule has 0 radical (unpaired) electrons. The van der Waals surface area contributed by atoms with Crippen molar-refractivity contribution in [3.8, 4) is 5.69 Å². The Bertz CT molecular complexity index is 842. The minimum Gasteiger partial charge on any atom is -0.352 e. The minimum absolute atomic E-state index is 0.127. The van der Waals surface area contributed by atoms with Crippen LogP contribution < -0.4 is 5.32 Å². The molecule has 150 valence electrons. The lowest BCUT2D eigenvalue weighted by atomic mass is 9.96. The molecule has 0 bridgehead atoms. The first kappa shape index (κ1) is 19.9. The second kappa shape index (κ2) is 8.00. The molecular weight excluding hydrogens is 354 g/mol. The zero-order valence-corrected chi connectivity index (χ0v) is 17.3. The van der Waals surface area contributed by atoms with Crippen LogP contribution >= 0.6 is 0 Å². The number of carbonyl (C=O) groups excluding carboxylic acids is 1. The Morgan fingerprint density at radius 3 is 2.75 bits per heavy atom. The highest BCUT2D eigenvalue weighted by atomic mass is 16.2. The first-order valence-corrected chi connectivity index (χ1v) is 9.53. The Labute approximate surface area is 166 Å². The molecule has 1 saturated heterocycles. The van der Waals surface area contributed by atoms with Crippen molar-refractivity contribution in [2.24, 2.45) is 4.99 Å². The molecule has 28 heavy (non-hydrogen) atoms. The highest BCUT2D eigenvalue weighted by Crippen LogP contribution is 2.24. The van der Waals surface area contributed by atoms with Gasteiger partial charge in [0, 0.05) is 26.2 Å². The Kier molecular flexibility index (Phi) is 5.67. The van der Waals surface area contributed by atoms with Crippen LogP contribution in [-0.4, -0.2) is 68.1 Å². The summed E-state index contributed by atoms with van der Waals surface area (Å²) in [6.07, 6.45) is 3.19. The number of guanidine groups is 1. The molecule has 1 aromatic carbocycles. The highest BCUT2D eigenvalue weighted by Gasteiger charge is 2.40. The number of hydrogen-bond donors (Lipinski definition) is 1. The molecule has 2 heterocycles. The van der Waals surface area contributed by atoms with Crippen LogP contribution in [0, 0.1) is 0 Å². The van der Waals surface area contributed by atoms with Gasteiger partial charge in [-0.1, -0.05) is 12.1 Å². The van der Waals surface area contributed by atoms with E-state index in [4.69, 9.17) is 0 Å². The number of rotatable bonds is 4. The van der Waals surface area contributed by atoms with Crippen molar-refractivity contribution < 1.29 is 4.79 Å². The molecule has 1 fully saturated rings. The minimum atomic E-state index is -0.256. The third-order valence-corrected chi connectivity index (χ3v) is 4.90. The van der Waals surface area contributed by atoms with Crippen molar-refractivity contribution in [2.75, 3.05) is 20.1 Å². The lowest BCUT2D eigenvalue weighted by Gasteiger charge is -2.49. The number of hydrogen-bond acceptors (Lipinski definition) is 4. The zero-order valence-electron chi connectivity index (χ0n) is 17.3. The van der Waals surface area contributed by atoms with E-state index < -0.39 is 0 Å². The summed E-state index contributed by atoms with van der Waals surface area (Å²) in [4.78, 5) is 25.1. The van der Waals surface area contributed by atoms with E-state index in [0.717, 1.165) is 23.8 Å². The maximum Gasteiger partial charge on any atom is 0.242 e. The van der Waals surface area contributed by atoms with Crippen LogP contribution in [0.2, 0.25) is 0 Å². The van der Waals surface area contributed by atoms with E-state index in [1.54, 1.807) is 18.1 Å². The van der Waals surface area contributed by atoms with E-state index in [1.165, 1.54) is 6.33 Å². The fourth-order valence-corrected chi connectivity index (χ4v) is 3.98. The third-order valence-electron chi connectivity index (χ3n) is 4.90. The van der Waals surface area contributed by atoms with Gasteiger partial charge in [-0.15, -0.1) is 0 Å². The zero-order chi connectivity index (χ0) is 20.3. The van der Waals surface area contributed by atoms with E-state index in [2.05, 4.69) is 54.2 Å². The lowest BCUT2D eigenvalue weighted by Crippen LogP contribution is -2.66. The van der Waals surface area contributed by atoms with Crippen molar-refractivity contribution in [3.05, 3.63) is 42.5 Å². The summed E-state index contributed by atoms with van der Waals surface area (Å²) in [5.41, 5.74) is 1.79. The normalized spacial score (nSPS) is 17.4. The van der Waals surface area contributed by atoms with E-state index in [-0.39, 0.29) is 17.5 Å². The number of carbonyl (C=O) groups is 1. The van der Waals surface area contributed by atoms with Gasteiger partial charge in [0.15, 0.2) is 5.96 Å². The summed E-state index contributed by atoms with van der Waals surface area (Å²) in [5.74, 6) is 0.860. The molecule has 0 atom stereocenters. The Morgan fingerprint density at radius 1 is 1.36 bits per heavy atom. The van der Waals surface area contributed by atoms with Crippen LogP contribution in [0.5, 0.6) is 0 Å². The summed E-state index contributed by atoms with van der Waals surface area (Å²) in [6.45, 7) is 10.00. The first-order valence-electron chi connectivity index (χ1n) is 9.53. The van der Waals surface area contributed by atoms with Crippen LogP contribution in [0.3, 0.4) is 0 Å². The fraction of sp³-hybridized carbons (Fsp3) is 0.500. The van der Waals surface area contributed by atoms with Gasteiger partial charge in [0.2, 0.25) is 5.91 Å². The fourth-order valence-electron chi connectivity index (χ4n) is 3.98. The summed E-state index contributed by atoms with van der Waals surface area (Å²) in [6, 6.07) is 8.26. The number of nitrogens with zero attached hydrogens (tertiary/aromatic N) is 6. The summed E-state index contributed by atoms with van der Waals surface area (Å²) < 4.78 is 1.73. The smallest absolute Gasteiger partial charge is 0.242 e. The largest absolute Gasteiger partial charge is 0.352 e. The molecule has 3 rings (SSSR count).